The summed E-state index contributed by atoms with van der Waals surface area (Å²) >= 11 is 1.35. The Hall–Kier alpha value is -2.47. The summed E-state index contributed by atoms with van der Waals surface area (Å²) in [4.78, 5) is 12.5. The summed E-state index contributed by atoms with van der Waals surface area (Å²) in [6.07, 6.45) is 0. The molecule has 3 rings (SSSR count). The van der Waals surface area contributed by atoms with Gasteiger partial charge in [0.15, 0.2) is 5.78 Å². The highest BCUT2D eigenvalue weighted by Gasteiger charge is 2.14. The Morgan fingerprint density at radius 3 is 2.58 bits per heavy atom. The van der Waals surface area contributed by atoms with Crippen molar-refractivity contribution in [2.24, 2.45) is 0 Å². The highest BCUT2D eigenvalue weighted by molar-refractivity contribution is 7.99. The molecular formula is C18H18N4OS. The topological polar surface area (TPSA) is 60.7 Å². The second kappa shape index (κ2) is 6.97. The molecule has 0 atom stereocenters. The van der Waals surface area contributed by atoms with E-state index in [0.29, 0.717) is 10.9 Å². The van der Waals surface area contributed by atoms with Crippen molar-refractivity contribution < 1.29 is 4.79 Å². The van der Waals surface area contributed by atoms with Crippen LogP contribution in [0, 0.1) is 20.8 Å². The number of aromatic nitrogens is 4. The van der Waals surface area contributed by atoms with E-state index in [-0.39, 0.29) is 5.78 Å². The number of Topliss-reactive ketones (excluding diaryl/α,β-unsaturated/α-hetero) is 1. The summed E-state index contributed by atoms with van der Waals surface area (Å²) in [5, 5.41) is 12.4. The minimum atomic E-state index is 0.0830. The zero-order chi connectivity index (χ0) is 17.1. The number of hydrogen-bond donors (Lipinski definition) is 0. The molecule has 6 heteroatoms. The van der Waals surface area contributed by atoms with Crippen LogP contribution in [0.25, 0.3) is 5.69 Å². The molecule has 0 aliphatic rings. The van der Waals surface area contributed by atoms with Crippen molar-refractivity contribution >= 4 is 17.5 Å². The third-order valence-corrected chi connectivity index (χ3v) is 4.88. The van der Waals surface area contributed by atoms with Crippen LogP contribution in [0.2, 0.25) is 0 Å². The van der Waals surface area contributed by atoms with E-state index in [1.54, 1.807) is 4.68 Å². The van der Waals surface area contributed by atoms with Crippen molar-refractivity contribution in [1.29, 1.82) is 0 Å². The van der Waals surface area contributed by atoms with Gasteiger partial charge in [-0.1, -0.05) is 47.7 Å². The maximum atomic E-state index is 12.5. The Labute approximate surface area is 145 Å². The van der Waals surface area contributed by atoms with Crippen molar-refractivity contribution in [2.45, 2.75) is 25.9 Å². The third-order valence-electron chi connectivity index (χ3n) is 3.96. The van der Waals surface area contributed by atoms with Gasteiger partial charge in [-0.05, 0) is 54.5 Å². The molecule has 5 nitrogen and oxygen atoms in total. The molecule has 1 aromatic heterocycles. The van der Waals surface area contributed by atoms with Gasteiger partial charge in [-0.15, -0.1) is 5.10 Å². The normalized spacial score (nSPS) is 10.8. The zero-order valence-corrected chi connectivity index (χ0v) is 14.7. The molecule has 2 aromatic carbocycles. The van der Waals surface area contributed by atoms with Crippen molar-refractivity contribution in [3.63, 3.8) is 0 Å². The molecule has 0 amide bonds. The summed E-state index contributed by atoms with van der Waals surface area (Å²) in [6.45, 7) is 6.02. The molecule has 0 aliphatic heterocycles. The summed E-state index contributed by atoms with van der Waals surface area (Å²) in [5.74, 6) is 0.385. The van der Waals surface area contributed by atoms with E-state index in [9.17, 15) is 4.79 Å². The fraction of sp³-hybridized carbons (Fsp3) is 0.222. The number of benzene rings is 2. The molecule has 0 radical (unpaired) electrons. The van der Waals surface area contributed by atoms with E-state index >= 15 is 0 Å². The van der Waals surface area contributed by atoms with E-state index < -0.39 is 0 Å². The van der Waals surface area contributed by atoms with Gasteiger partial charge in [-0.25, -0.2) is 0 Å². The molecule has 3 aromatic rings. The lowest BCUT2D eigenvalue weighted by Gasteiger charge is -2.07. The molecule has 0 saturated carbocycles. The predicted molar refractivity (Wildman–Crippen MR) is 94.9 cm³/mol. The van der Waals surface area contributed by atoms with Crippen LogP contribution in [-0.2, 0) is 0 Å². The minimum absolute atomic E-state index is 0.0830. The van der Waals surface area contributed by atoms with Gasteiger partial charge in [0.05, 0.1) is 11.4 Å². The number of rotatable bonds is 5. The Kier molecular flexibility index (Phi) is 4.76. The lowest BCUT2D eigenvalue weighted by atomic mass is 10.0. The van der Waals surface area contributed by atoms with E-state index in [1.807, 2.05) is 63.2 Å². The van der Waals surface area contributed by atoms with Crippen LogP contribution in [0.5, 0.6) is 0 Å². The molecular weight excluding hydrogens is 320 g/mol. The third kappa shape index (κ3) is 3.38. The van der Waals surface area contributed by atoms with Crippen molar-refractivity contribution in [1.82, 2.24) is 20.2 Å². The Balaban J connectivity index is 1.76. The molecule has 1 heterocycles. The van der Waals surface area contributed by atoms with Crippen LogP contribution in [0.15, 0.2) is 47.6 Å². The summed E-state index contributed by atoms with van der Waals surface area (Å²) in [7, 11) is 0. The lowest BCUT2D eigenvalue weighted by molar-refractivity contribution is 0.102. The van der Waals surface area contributed by atoms with Crippen LogP contribution in [0.3, 0.4) is 0 Å². The smallest absolute Gasteiger partial charge is 0.214 e. The minimum Gasteiger partial charge on any atom is -0.293 e. The predicted octanol–water partition coefficient (Wildman–Crippen LogP) is 3.56. The van der Waals surface area contributed by atoms with Crippen LogP contribution in [0.4, 0.5) is 0 Å². The van der Waals surface area contributed by atoms with Gasteiger partial charge in [0.25, 0.3) is 0 Å². The zero-order valence-electron chi connectivity index (χ0n) is 13.9. The second-order valence-corrected chi connectivity index (χ2v) is 6.61. The number of nitrogens with zero attached hydrogens (tertiary/aromatic N) is 4. The molecule has 0 spiro atoms. The van der Waals surface area contributed by atoms with E-state index in [1.165, 1.54) is 17.3 Å². The fourth-order valence-corrected chi connectivity index (χ4v) is 3.15. The lowest BCUT2D eigenvalue weighted by Crippen LogP contribution is -2.07. The molecule has 0 unspecified atom stereocenters. The van der Waals surface area contributed by atoms with Gasteiger partial charge in [-0.2, -0.15) is 4.68 Å². The molecule has 0 N–H and O–H groups in total. The monoisotopic (exact) mass is 338 g/mol. The maximum absolute atomic E-state index is 12.5. The average molecular weight is 338 g/mol. The standard InChI is InChI=1S/C18H18N4OS/c1-12-7-9-15(10-8-12)22-18(19-20-21-22)24-11-17(23)16-6-4-5-13(2)14(16)3/h4-10H,11H2,1-3H3. The molecule has 0 fully saturated rings. The summed E-state index contributed by atoms with van der Waals surface area (Å²) < 4.78 is 1.65. The molecule has 0 saturated heterocycles. The van der Waals surface area contributed by atoms with Crippen LogP contribution < -0.4 is 0 Å². The van der Waals surface area contributed by atoms with Gasteiger partial charge in [0, 0.05) is 5.56 Å². The van der Waals surface area contributed by atoms with Crippen molar-refractivity contribution in [3.05, 3.63) is 64.7 Å². The van der Waals surface area contributed by atoms with Crippen molar-refractivity contribution in [2.75, 3.05) is 5.75 Å². The largest absolute Gasteiger partial charge is 0.293 e. The SMILES string of the molecule is Cc1ccc(-n2nnnc2SCC(=O)c2cccc(C)c2C)cc1. The summed E-state index contributed by atoms with van der Waals surface area (Å²) in [5.41, 5.74) is 4.96. The number of aryl methyl sites for hydroxylation is 2. The highest BCUT2D eigenvalue weighted by Crippen LogP contribution is 2.21. The second-order valence-electron chi connectivity index (χ2n) is 5.67. The number of ketones is 1. The van der Waals surface area contributed by atoms with E-state index in [4.69, 9.17) is 0 Å². The van der Waals surface area contributed by atoms with Gasteiger partial charge >= 0.3 is 0 Å². The van der Waals surface area contributed by atoms with Gasteiger partial charge in [0.1, 0.15) is 0 Å². The molecule has 122 valence electrons. The highest BCUT2D eigenvalue weighted by atomic mass is 32.2. The van der Waals surface area contributed by atoms with Crippen LogP contribution in [-0.4, -0.2) is 31.7 Å². The number of carbonyl (C=O) groups excluding carboxylic acids is 1. The number of hydrogen-bond acceptors (Lipinski definition) is 5. The Morgan fingerprint density at radius 1 is 1.08 bits per heavy atom. The van der Waals surface area contributed by atoms with Crippen LogP contribution >= 0.6 is 11.8 Å². The summed E-state index contributed by atoms with van der Waals surface area (Å²) in [6, 6.07) is 13.7. The van der Waals surface area contributed by atoms with Gasteiger partial charge in [-0.3, -0.25) is 4.79 Å². The number of thioether (sulfide) groups is 1. The van der Waals surface area contributed by atoms with E-state index in [0.717, 1.165) is 22.4 Å². The molecule has 24 heavy (non-hydrogen) atoms. The number of carbonyl (C=O) groups is 1. The Bertz CT molecular complexity index is 871. The first-order valence-electron chi connectivity index (χ1n) is 7.64. The first kappa shape index (κ1) is 16.4. The Morgan fingerprint density at radius 2 is 1.83 bits per heavy atom. The first-order chi connectivity index (χ1) is 11.6. The average Bonchev–Trinajstić information content (AvgIpc) is 3.04. The van der Waals surface area contributed by atoms with Crippen LogP contribution in [0.1, 0.15) is 27.0 Å². The molecule has 0 bridgehead atoms. The number of tetrazole rings is 1. The van der Waals surface area contributed by atoms with Crippen molar-refractivity contribution in [3.8, 4) is 5.69 Å². The van der Waals surface area contributed by atoms with Gasteiger partial charge in [0.2, 0.25) is 5.16 Å². The van der Waals surface area contributed by atoms with E-state index in [2.05, 4.69) is 15.5 Å². The maximum Gasteiger partial charge on any atom is 0.214 e. The molecule has 0 aliphatic carbocycles. The quantitative estimate of drug-likeness (QED) is 0.526. The first-order valence-corrected chi connectivity index (χ1v) is 8.62. The van der Waals surface area contributed by atoms with Gasteiger partial charge < -0.3 is 0 Å². The fourth-order valence-electron chi connectivity index (χ4n) is 2.38.